The fourth-order valence-corrected chi connectivity index (χ4v) is 2.14. The van der Waals surface area contributed by atoms with E-state index >= 15 is 0 Å². The number of carboxylic acid groups (broad SMARTS) is 1. The second-order valence-electron chi connectivity index (χ2n) is 5.14. The van der Waals surface area contributed by atoms with Crippen molar-refractivity contribution in [3.05, 3.63) is 36.3 Å². The summed E-state index contributed by atoms with van der Waals surface area (Å²) in [5, 5.41) is 11.7. The molecule has 0 bridgehead atoms. The standard InChI is InChI=1S/C15H19N3O3/c1-3-10(2)14(15(20)21)17-13(19)8-11-9-18-7-5-4-6-12(18)16-11/h4-7,9-10,14H,3,8H2,1-2H3,(H,17,19)(H,20,21)/t10?,14-/m0/s1. The number of imidazole rings is 1. The number of aliphatic carboxylic acids is 1. The molecule has 0 aliphatic carbocycles. The maximum Gasteiger partial charge on any atom is 0.326 e. The molecule has 0 radical (unpaired) electrons. The summed E-state index contributed by atoms with van der Waals surface area (Å²) in [7, 11) is 0. The first kappa shape index (κ1) is 15.0. The Morgan fingerprint density at radius 2 is 2.19 bits per heavy atom. The molecule has 21 heavy (non-hydrogen) atoms. The topological polar surface area (TPSA) is 83.7 Å². The highest BCUT2D eigenvalue weighted by molar-refractivity contribution is 5.84. The van der Waals surface area contributed by atoms with Crippen molar-refractivity contribution in [1.29, 1.82) is 0 Å². The molecule has 0 spiro atoms. The van der Waals surface area contributed by atoms with Gasteiger partial charge in [-0.15, -0.1) is 0 Å². The molecule has 6 nitrogen and oxygen atoms in total. The number of rotatable bonds is 6. The lowest BCUT2D eigenvalue weighted by Gasteiger charge is -2.19. The highest BCUT2D eigenvalue weighted by atomic mass is 16.4. The van der Waals surface area contributed by atoms with E-state index in [1.165, 1.54) is 0 Å². The van der Waals surface area contributed by atoms with Crippen LogP contribution in [0.3, 0.4) is 0 Å². The number of carbonyl (C=O) groups excluding carboxylic acids is 1. The van der Waals surface area contributed by atoms with Crippen LogP contribution in [0, 0.1) is 5.92 Å². The third-order valence-corrected chi connectivity index (χ3v) is 3.55. The van der Waals surface area contributed by atoms with Crippen molar-refractivity contribution >= 4 is 17.5 Å². The smallest absolute Gasteiger partial charge is 0.326 e. The Balaban J connectivity index is 2.05. The Bertz CT molecular complexity index is 617. The van der Waals surface area contributed by atoms with Crippen molar-refractivity contribution in [2.75, 3.05) is 0 Å². The van der Waals surface area contributed by atoms with Gasteiger partial charge in [-0.3, -0.25) is 4.79 Å². The molecule has 2 N–H and O–H groups in total. The maximum absolute atomic E-state index is 12.0. The van der Waals surface area contributed by atoms with Crippen LogP contribution in [0.2, 0.25) is 0 Å². The molecule has 6 heteroatoms. The average molecular weight is 289 g/mol. The van der Waals surface area contributed by atoms with E-state index in [9.17, 15) is 9.59 Å². The van der Waals surface area contributed by atoms with Crippen LogP contribution in [0.4, 0.5) is 0 Å². The van der Waals surface area contributed by atoms with Crippen molar-refractivity contribution in [2.45, 2.75) is 32.7 Å². The molecule has 0 saturated heterocycles. The van der Waals surface area contributed by atoms with Crippen LogP contribution < -0.4 is 5.32 Å². The lowest BCUT2D eigenvalue weighted by atomic mass is 9.99. The maximum atomic E-state index is 12.0. The van der Waals surface area contributed by atoms with Crippen LogP contribution in [-0.4, -0.2) is 32.4 Å². The number of amides is 1. The minimum absolute atomic E-state index is 0.0713. The first-order chi connectivity index (χ1) is 10.0. The predicted molar refractivity (Wildman–Crippen MR) is 77.9 cm³/mol. The fraction of sp³-hybridized carbons (Fsp3) is 0.400. The third-order valence-electron chi connectivity index (χ3n) is 3.55. The van der Waals surface area contributed by atoms with E-state index in [1.807, 2.05) is 42.6 Å². The van der Waals surface area contributed by atoms with E-state index in [1.54, 1.807) is 6.20 Å². The molecular formula is C15H19N3O3. The second-order valence-corrected chi connectivity index (χ2v) is 5.14. The average Bonchev–Trinajstić information content (AvgIpc) is 2.85. The van der Waals surface area contributed by atoms with Crippen molar-refractivity contribution in [2.24, 2.45) is 5.92 Å². The van der Waals surface area contributed by atoms with Crippen LogP contribution in [0.5, 0.6) is 0 Å². The lowest BCUT2D eigenvalue weighted by Crippen LogP contribution is -2.45. The van der Waals surface area contributed by atoms with Gasteiger partial charge in [-0.25, -0.2) is 9.78 Å². The van der Waals surface area contributed by atoms with Crippen LogP contribution in [0.1, 0.15) is 26.0 Å². The number of fused-ring (bicyclic) bond motifs is 1. The zero-order valence-corrected chi connectivity index (χ0v) is 12.1. The van der Waals surface area contributed by atoms with E-state index in [0.29, 0.717) is 12.1 Å². The first-order valence-electron chi connectivity index (χ1n) is 6.96. The minimum Gasteiger partial charge on any atom is -0.480 e. The van der Waals surface area contributed by atoms with E-state index in [2.05, 4.69) is 10.3 Å². The number of nitrogens with zero attached hydrogens (tertiary/aromatic N) is 2. The first-order valence-corrected chi connectivity index (χ1v) is 6.96. The number of hydrogen-bond donors (Lipinski definition) is 2. The van der Waals surface area contributed by atoms with E-state index in [-0.39, 0.29) is 18.2 Å². The molecule has 2 heterocycles. The monoisotopic (exact) mass is 289 g/mol. The zero-order chi connectivity index (χ0) is 15.4. The van der Waals surface area contributed by atoms with Gasteiger partial charge in [0, 0.05) is 12.4 Å². The Morgan fingerprint density at radius 1 is 1.43 bits per heavy atom. The predicted octanol–water partition coefficient (Wildman–Crippen LogP) is 1.49. The van der Waals surface area contributed by atoms with Crippen molar-refractivity contribution in [3.63, 3.8) is 0 Å². The highest BCUT2D eigenvalue weighted by Gasteiger charge is 2.25. The zero-order valence-electron chi connectivity index (χ0n) is 12.1. The summed E-state index contributed by atoms with van der Waals surface area (Å²) in [5.74, 6) is -1.45. The molecule has 2 rings (SSSR count). The second kappa shape index (κ2) is 6.39. The van der Waals surface area contributed by atoms with Gasteiger partial charge >= 0.3 is 5.97 Å². The molecule has 0 aromatic carbocycles. The molecule has 2 aromatic rings. The molecule has 0 aliphatic heterocycles. The molecule has 112 valence electrons. The number of pyridine rings is 1. The molecule has 0 aliphatic rings. The molecule has 2 atom stereocenters. The third kappa shape index (κ3) is 3.59. The summed E-state index contributed by atoms with van der Waals surface area (Å²) in [4.78, 5) is 27.5. The van der Waals surface area contributed by atoms with Gasteiger partial charge in [0.1, 0.15) is 11.7 Å². The van der Waals surface area contributed by atoms with Gasteiger partial charge in [-0.1, -0.05) is 26.3 Å². The van der Waals surface area contributed by atoms with Gasteiger partial charge in [-0.05, 0) is 18.1 Å². The summed E-state index contributed by atoms with van der Waals surface area (Å²) in [6, 6.07) is 4.73. The summed E-state index contributed by atoms with van der Waals surface area (Å²) in [5.41, 5.74) is 1.38. The molecule has 0 saturated carbocycles. The summed E-state index contributed by atoms with van der Waals surface area (Å²) in [6.45, 7) is 3.71. The summed E-state index contributed by atoms with van der Waals surface area (Å²) < 4.78 is 1.83. The molecular weight excluding hydrogens is 270 g/mol. The summed E-state index contributed by atoms with van der Waals surface area (Å²) >= 11 is 0. The molecule has 0 fully saturated rings. The normalized spacial score (nSPS) is 13.8. The fourth-order valence-electron chi connectivity index (χ4n) is 2.14. The van der Waals surface area contributed by atoms with Gasteiger partial charge in [-0.2, -0.15) is 0 Å². The van der Waals surface area contributed by atoms with Crippen LogP contribution in [-0.2, 0) is 16.0 Å². The van der Waals surface area contributed by atoms with Gasteiger partial charge in [0.15, 0.2) is 0 Å². The Labute approximate surface area is 122 Å². The lowest BCUT2D eigenvalue weighted by molar-refractivity contribution is -0.143. The van der Waals surface area contributed by atoms with Crippen molar-refractivity contribution in [3.8, 4) is 0 Å². The van der Waals surface area contributed by atoms with Gasteiger partial charge in [0.2, 0.25) is 5.91 Å². The van der Waals surface area contributed by atoms with E-state index in [4.69, 9.17) is 5.11 Å². The molecule has 2 aromatic heterocycles. The van der Waals surface area contributed by atoms with Crippen molar-refractivity contribution < 1.29 is 14.7 Å². The van der Waals surface area contributed by atoms with Crippen molar-refractivity contribution in [1.82, 2.24) is 14.7 Å². The SMILES string of the molecule is CCC(C)[C@H](NC(=O)Cc1cn2ccccc2n1)C(=O)O. The minimum atomic E-state index is -1.01. The van der Waals surface area contributed by atoms with Crippen LogP contribution >= 0.6 is 0 Å². The van der Waals surface area contributed by atoms with E-state index in [0.717, 1.165) is 5.65 Å². The van der Waals surface area contributed by atoms with Crippen LogP contribution in [0.15, 0.2) is 30.6 Å². The summed E-state index contributed by atoms with van der Waals surface area (Å²) in [6.07, 6.45) is 4.38. The highest BCUT2D eigenvalue weighted by Crippen LogP contribution is 2.09. The van der Waals surface area contributed by atoms with E-state index < -0.39 is 12.0 Å². The molecule has 1 unspecified atom stereocenters. The Hall–Kier alpha value is -2.37. The largest absolute Gasteiger partial charge is 0.480 e. The number of aromatic nitrogens is 2. The Kier molecular flexibility index (Phi) is 4.57. The number of carbonyl (C=O) groups is 2. The van der Waals surface area contributed by atoms with Crippen LogP contribution in [0.25, 0.3) is 5.65 Å². The number of nitrogens with one attached hydrogen (secondary N) is 1. The number of hydrogen-bond acceptors (Lipinski definition) is 3. The quantitative estimate of drug-likeness (QED) is 0.844. The molecule has 1 amide bonds. The van der Waals surface area contributed by atoms with Gasteiger partial charge in [0.05, 0.1) is 12.1 Å². The Morgan fingerprint density at radius 3 is 2.81 bits per heavy atom. The van der Waals surface area contributed by atoms with Gasteiger partial charge in [0.25, 0.3) is 0 Å². The number of carboxylic acids is 1. The van der Waals surface area contributed by atoms with Gasteiger partial charge < -0.3 is 14.8 Å².